The Morgan fingerprint density at radius 3 is 1.38 bits per heavy atom. The SMILES string of the molecule is Ic1ccc(-c2ccc(-c3ccc4ccc(-c5ccc(-c6cnc7ccccc7c6)cc5)cc4c3)cc2)cc1. The smallest absolute Gasteiger partial charge is 0.0702 e. The third kappa shape index (κ3) is 4.84. The van der Waals surface area contributed by atoms with Crippen molar-refractivity contribution in [2.24, 2.45) is 0 Å². The number of rotatable bonds is 4. The van der Waals surface area contributed by atoms with Crippen molar-refractivity contribution in [3.05, 3.63) is 149 Å². The molecule has 0 N–H and O–H groups in total. The van der Waals surface area contributed by atoms with Gasteiger partial charge in [0.25, 0.3) is 0 Å². The van der Waals surface area contributed by atoms with Crippen molar-refractivity contribution in [1.29, 1.82) is 0 Å². The monoisotopic (exact) mass is 609 g/mol. The van der Waals surface area contributed by atoms with Crippen LogP contribution in [-0.2, 0) is 0 Å². The zero-order chi connectivity index (χ0) is 26.2. The predicted octanol–water partition coefficient (Wildman–Crippen LogP) is 10.7. The molecule has 0 bridgehead atoms. The quantitative estimate of drug-likeness (QED) is 0.181. The molecule has 0 aliphatic rings. The highest BCUT2D eigenvalue weighted by atomic mass is 127. The van der Waals surface area contributed by atoms with Gasteiger partial charge >= 0.3 is 0 Å². The van der Waals surface area contributed by atoms with Crippen LogP contribution in [0.5, 0.6) is 0 Å². The average Bonchev–Trinajstić information content (AvgIpc) is 3.01. The molecule has 184 valence electrons. The largest absolute Gasteiger partial charge is 0.256 e. The molecule has 0 saturated carbocycles. The Morgan fingerprint density at radius 1 is 0.359 bits per heavy atom. The molecule has 0 saturated heterocycles. The minimum atomic E-state index is 1.02. The summed E-state index contributed by atoms with van der Waals surface area (Å²) in [5.41, 5.74) is 10.7. The fraction of sp³-hybridized carbons (Fsp3) is 0. The van der Waals surface area contributed by atoms with Gasteiger partial charge in [-0.05, 0) is 109 Å². The molecule has 0 aliphatic carbocycles. The molecular weight excluding hydrogens is 585 g/mol. The van der Waals surface area contributed by atoms with Crippen LogP contribution in [-0.4, -0.2) is 4.98 Å². The molecule has 6 aromatic carbocycles. The van der Waals surface area contributed by atoms with Crippen LogP contribution in [0, 0.1) is 3.57 Å². The molecule has 1 aromatic heterocycles. The second-order valence-electron chi connectivity index (χ2n) is 9.85. The van der Waals surface area contributed by atoms with Crippen LogP contribution in [0.1, 0.15) is 0 Å². The van der Waals surface area contributed by atoms with Crippen molar-refractivity contribution < 1.29 is 0 Å². The second-order valence-corrected chi connectivity index (χ2v) is 11.1. The maximum atomic E-state index is 4.63. The van der Waals surface area contributed by atoms with Gasteiger partial charge in [-0.2, -0.15) is 0 Å². The first-order valence-corrected chi connectivity index (χ1v) is 14.1. The molecule has 1 nitrogen and oxygen atoms in total. The Balaban J connectivity index is 1.17. The third-order valence-corrected chi connectivity index (χ3v) is 8.10. The van der Waals surface area contributed by atoms with Crippen molar-refractivity contribution in [2.75, 3.05) is 0 Å². The van der Waals surface area contributed by atoms with Crippen LogP contribution < -0.4 is 0 Å². The molecule has 7 rings (SSSR count). The minimum Gasteiger partial charge on any atom is -0.256 e. The number of hydrogen-bond acceptors (Lipinski definition) is 1. The first-order chi connectivity index (χ1) is 19.2. The number of halogens is 1. The molecular formula is C37H24IN. The van der Waals surface area contributed by atoms with Gasteiger partial charge in [0.05, 0.1) is 5.52 Å². The summed E-state index contributed by atoms with van der Waals surface area (Å²) in [6, 6.07) is 50.2. The third-order valence-electron chi connectivity index (χ3n) is 7.38. The molecule has 0 radical (unpaired) electrons. The topological polar surface area (TPSA) is 12.9 Å². The first-order valence-electron chi connectivity index (χ1n) is 13.1. The van der Waals surface area contributed by atoms with Crippen molar-refractivity contribution in [2.45, 2.75) is 0 Å². The molecule has 2 heteroatoms. The lowest BCUT2D eigenvalue weighted by atomic mass is 9.95. The summed E-state index contributed by atoms with van der Waals surface area (Å²) in [4.78, 5) is 4.63. The van der Waals surface area contributed by atoms with E-state index in [1.807, 2.05) is 18.3 Å². The first kappa shape index (κ1) is 23.8. The maximum Gasteiger partial charge on any atom is 0.0702 e. The molecule has 0 amide bonds. The van der Waals surface area contributed by atoms with E-state index >= 15 is 0 Å². The highest BCUT2D eigenvalue weighted by Crippen LogP contribution is 2.31. The Hall–Kier alpha value is -4.28. The van der Waals surface area contributed by atoms with E-state index in [0.717, 1.165) is 16.5 Å². The van der Waals surface area contributed by atoms with Crippen molar-refractivity contribution in [3.63, 3.8) is 0 Å². The van der Waals surface area contributed by atoms with E-state index in [1.54, 1.807) is 0 Å². The molecule has 0 spiro atoms. The number of aromatic nitrogens is 1. The van der Waals surface area contributed by atoms with E-state index in [-0.39, 0.29) is 0 Å². The van der Waals surface area contributed by atoms with Gasteiger partial charge in [0.2, 0.25) is 0 Å². The van der Waals surface area contributed by atoms with Gasteiger partial charge in [-0.15, -0.1) is 0 Å². The molecule has 0 atom stereocenters. The van der Waals surface area contributed by atoms with Gasteiger partial charge in [-0.25, -0.2) is 0 Å². The summed E-state index contributed by atoms with van der Waals surface area (Å²) in [7, 11) is 0. The van der Waals surface area contributed by atoms with Crippen molar-refractivity contribution in [1.82, 2.24) is 4.98 Å². The van der Waals surface area contributed by atoms with Gasteiger partial charge in [0.1, 0.15) is 0 Å². The lowest BCUT2D eigenvalue weighted by Crippen LogP contribution is -1.85. The highest BCUT2D eigenvalue weighted by Gasteiger charge is 2.06. The summed E-state index contributed by atoms with van der Waals surface area (Å²) >= 11 is 2.35. The van der Waals surface area contributed by atoms with Crippen LogP contribution >= 0.6 is 22.6 Å². The van der Waals surface area contributed by atoms with E-state index in [1.165, 1.54) is 53.3 Å². The van der Waals surface area contributed by atoms with Crippen molar-refractivity contribution >= 4 is 44.3 Å². The van der Waals surface area contributed by atoms with E-state index in [9.17, 15) is 0 Å². The van der Waals surface area contributed by atoms with E-state index < -0.39 is 0 Å². The Bertz CT molecular complexity index is 1940. The summed E-state index contributed by atoms with van der Waals surface area (Å²) in [6.07, 6.45) is 1.96. The van der Waals surface area contributed by atoms with Gasteiger partial charge in [0.15, 0.2) is 0 Å². The maximum absolute atomic E-state index is 4.63. The lowest BCUT2D eigenvalue weighted by Gasteiger charge is -2.09. The number of nitrogens with zero attached hydrogens (tertiary/aromatic N) is 1. The Kier molecular flexibility index (Phi) is 6.18. The second kappa shape index (κ2) is 10.1. The van der Waals surface area contributed by atoms with Gasteiger partial charge in [-0.3, -0.25) is 4.98 Å². The van der Waals surface area contributed by atoms with Crippen LogP contribution in [0.3, 0.4) is 0 Å². The summed E-state index contributed by atoms with van der Waals surface area (Å²) < 4.78 is 1.25. The Morgan fingerprint density at radius 2 is 0.795 bits per heavy atom. The Labute approximate surface area is 242 Å². The highest BCUT2D eigenvalue weighted by molar-refractivity contribution is 14.1. The summed E-state index contributed by atoms with van der Waals surface area (Å²) in [5, 5.41) is 3.65. The number of fused-ring (bicyclic) bond motifs is 2. The van der Waals surface area contributed by atoms with E-state index in [0.29, 0.717) is 0 Å². The number of benzene rings is 6. The molecule has 1 heterocycles. The minimum absolute atomic E-state index is 1.02. The number of pyridine rings is 1. The number of hydrogen-bond donors (Lipinski definition) is 0. The normalized spacial score (nSPS) is 11.2. The van der Waals surface area contributed by atoms with Gasteiger partial charge in [-0.1, -0.05) is 103 Å². The van der Waals surface area contributed by atoms with Crippen LogP contribution in [0.2, 0.25) is 0 Å². The molecule has 0 unspecified atom stereocenters. The fourth-order valence-electron chi connectivity index (χ4n) is 5.19. The van der Waals surface area contributed by atoms with E-state index in [4.69, 9.17) is 0 Å². The van der Waals surface area contributed by atoms with Crippen molar-refractivity contribution in [3.8, 4) is 44.5 Å². The summed E-state index contributed by atoms with van der Waals surface area (Å²) in [5.74, 6) is 0. The molecule has 0 aliphatic heterocycles. The standard InChI is InChI=1S/C37H24IN/c38-36-19-17-26(18-20-36)25-5-7-27(8-6-25)31-15-13-29-14-16-32(22-34(29)21-31)28-9-11-30(12-10-28)35-23-33-3-1-2-4-37(33)39-24-35/h1-24H. The fourth-order valence-corrected chi connectivity index (χ4v) is 5.55. The number of para-hydroxylation sites is 1. The van der Waals surface area contributed by atoms with Gasteiger partial charge in [0, 0.05) is 20.7 Å². The summed E-state index contributed by atoms with van der Waals surface area (Å²) in [6.45, 7) is 0. The van der Waals surface area contributed by atoms with E-state index in [2.05, 4.69) is 155 Å². The predicted molar refractivity (Wildman–Crippen MR) is 174 cm³/mol. The zero-order valence-electron chi connectivity index (χ0n) is 21.2. The lowest BCUT2D eigenvalue weighted by molar-refractivity contribution is 1.41. The van der Waals surface area contributed by atoms with Crippen LogP contribution in [0.4, 0.5) is 0 Å². The zero-order valence-corrected chi connectivity index (χ0v) is 23.3. The molecule has 0 fully saturated rings. The van der Waals surface area contributed by atoms with Crippen LogP contribution in [0.25, 0.3) is 66.2 Å². The molecule has 39 heavy (non-hydrogen) atoms. The van der Waals surface area contributed by atoms with Crippen LogP contribution in [0.15, 0.2) is 146 Å². The average molecular weight is 610 g/mol. The van der Waals surface area contributed by atoms with Gasteiger partial charge < -0.3 is 0 Å². The molecule has 7 aromatic rings.